The molecule has 0 amide bonds. The number of aromatic nitrogens is 2. The first-order valence-corrected chi connectivity index (χ1v) is 8.18. The smallest absolute Gasteiger partial charge is 0.122 e. The van der Waals surface area contributed by atoms with E-state index in [0.29, 0.717) is 5.92 Å². The standard InChI is InChI=1S/C17H26N4O/c1-3-7-20-11-15(12-21-8-6-18-17(21)14-20)10-19(2)13-16-5-4-9-22-16/h4-6,8-9,15H,3,7,10-14H2,1-2H3/t15-/m0/s1. The molecule has 5 heteroatoms. The van der Waals surface area contributed by atoms with E-state index >= 15 is 0 Å². The maximum atomic E-state index is 5.45. The first kappa shape index (κ1) is 15.3. The lowest BCUT2D eigenvalue weighted by Gasteiger charge is -2.26. The molecule has 0 saturated carbocycles. The summed E-state index contributed by atoms with van der Waals surface area (Å²) in [4.78, 5) is 9.41. The van der Waals surface area contributed by atoms with Crippen LogP contribution in [0.2, 0.25) is 0 Å². The molecule has 0 aromatic carbocycles. The topological polar surface area (TPSA) is 37.4 Å². The van der Waals surface area contributed by atoms with E-state index in [-0.39, 0.29) is 0 Å². The lowest BCUT2D eigenvalue weighted by atomic mass is 10.1. The van der Waals surface area contributed by atoms with Crippen LogP contribution < -0.4 is 0 Å². The molecular formula is C17H26N4O. The van der Waals surface area contributed by atoms with Gasteiger partial charge in [-0.1, -0.05) is 6.92 Å². The molecule has 0 fully saturated rings. The average Bonchev–Trinajstić information content (AvgIpc) is 3.09. The number of furan rings is 1. The van der Waals surface area contributed by atoms with Crippen molar-refractivity contribution in [2.24, 2.45) is 5.92 Å². The van der Waals surface area contributed by atoms with E-state index in [1.807, 2.05) is 18.3 Å². The van der Waals surface area contributed by atoms with Gasteiger partial charge in [-0.25, -0.2) is 4.98 Å². The highest BCUT2D eigenvalue weighted by atomic mass is 16.3. The molecule has 3 heterocycles. The van der Waals surface area contributed by atoms with Crippen molar-refractivity contribution in [2.45, 2.75) is 33.0 Å². The Kier molecular flexibility index (Phi) is 4.95. The van der Waals surface area contributed by atoms with Gasteiger partial charge in [0.1, 0.15) is 11.6 Å². The second-order valence-electron chi connectivity index (χ2n) is 6.37. The Hall–Kier alpha value is -1.59. The molecule has 120 valence electrons. The van der Waals surface area contributed by atoms with Crippen LogP contribution in [-0.4, -0.2) is 46.0 Å². The summed E-state index contributed by atoms with van der Waals surface area (Å²) in [6.45, 7) is 8.49. The predicted octanol–water partition coefficient (Wildman–Crippen LogP) is 2.45. The molecule has 5 nitrogen and oxygen atoms in total. The summed E-state index contributed by atoms with van der Waals surface area (Å²) in [7, 11) is 2.17. The molecule has 0 N–H and O–H groups in total. The normalized spacial score (nSPS) is 19.3. The number of imidazole rings is 1. The van der Waals surface area contributed by atoms with Gasteiger partial charge in [0.25, 0.3) is 0 Å². The maximum Gasteiger partial charge on any atom is 0.122 e. The highest BCUT2D eigenvalue weighted by Gasteiger charge is 2.23. The summed E-state index contributed by atoms with van der Waals surface area (Å²) in [6.07, 6.45) is 6.98. The third kappa shape index (κ3) is 3.78. The summed E-state index contributed by atoms with van der Waals surface area (Å²) in [5.41, 5.74) is 0. The van der Waals surface area contributed by atoms with Crippen molar-refractivity contribution in [1.29, 1.82) is 0 Å². The summed E-state index contributed by atoms with van der Waals surface area (Å²) in [5.74, 6) is 2.84. The molecule has 0 spiro atoms. The van der Waals surface area contributed by atoms with Crippen LogP contribution in [0.1, 0.15) is 24.9 Å². The zero-order chi connectivity index (χ0) is 15.4. The molecule has 0 bridgehead atoms. The minimum absolute atomic E-state index is 0.613. The van der Waals surface area contributed by atoms with E-state index in [2.05, 4.69) is 39.5 Å². The van der Waals surface area contributed by atoms with E-state index in [1.54, 1.807) is 6.26 Å². The monoisotopic (exact) mass is 302 g/mol. The minimum Gasteiger partial charge on any atom is -0.468 e. The number of hydrogen-bond donors (Lipinski definition) is 0. The van der Waals surface area contributed by atoms with Crippen LogP contribution in [0.15, 0.2) is 35.2 Å². The van der Waals surface area contributed by atoms with E-state index < -0.39 is 0 Å². The molecule has 0 unspecified atom stereocenters. The molecule has 22 heavy (non-hydrogen) atoms. The number of hydrogen-bond acceptors (Lipinski definition) is 4. The van der Waals surface area contributed by atoms with E-state index in [9.17, 15) is 0 Å². The van der Waals surface area contributed by atoms with Crippen molar-refractivity contribution in [3.63, 3.8) is 0 Å². The van der Waals surface area contributed by atoms with Crippen molar-refractivity contribution in [3.8, 4) is 0 Å². The maximum absolute atomic E-state index is 5.45. The van der Waals surface area contributed by atoms with Gasteiger partial charge in [0.15, 0.2) is 0 Å². The van der Waals surface area contributed by atoms with Crippen molar-refractivity contribution in [2.75, 3.05) is 26.7 Å². The second kappa shape index (κ2) is 7.11. The molecule has 1 atom stereocenters. The fraction of sp³-hybridized carbons (Fsp3) is 0.588. The number of fused-ring (bicyclic) bond motifs is 1. The van der Waals surface area contributed by atoms with Crippen LogP contribution in [0.3, 0.4) is 0 Å². The summed E-state index contributed by atoms with van der Waals surface area (Å²) >= 11 is 0. The quantitative estimate of drug-likeness (QED) is 0.821. The highest BCUT2D eigenvalue weighted by molar-refractivity contribution is 4.98. The summed E-state index contributed by atoms with van der Waals surface area (Å²) in [5, 5.41) is 0. The van der Waals surface area contributed by atoms with E-state index in [0.717, 1.165) is 45.0 Å². The average molecular weight is 302 g/mol. The van der Waals surface area contributed by atoms with Crippen molar-refractivity contribution in [1.82, 2.24) is 19.4 Å². The van der Waals surface area contributed by atoms with Gasteiger partial charge in [-0.2, -0.15) is 0 Å². The van der Waals surface area contributed by atoms with Gasteiger partial charge in [-0.3, -0.25) is 9.80 Å². The van der Waals surface area contributed by atoms with Crippen molar-refractivity contribution >= 4 is 0 Å². The van der Waals surface area contributed by atoms with Crippen LogP contribution >= 0.6 is 0 Å². The van der Waals surface area contributed by atoms with Gasteiger partial charge in [-0.05, 0) is 32.1 Å². The molecule has 1 aliphatic heterocycles. The summed E-state index contributed by atoms with van der Waals surface area (Å²) in [6, 6.07) is 4.00. The zero-order valence-electron chi connectivity index (χ0n) is 13.6. The molecule has 3 rings (SSSR count). The van der Waals surface area contributed by atoms with E-state index in [1.165, 1.54) is 12.2 Å². The Labute approximate surface area is 132 Å². The van der Waals surface area contributed by atoms with Gasteiger partial charge in [0.05, 0.1) is 19.4 Å². The van der Waals surface area contributed by atoms with Crippen LogP contribution in [0.4, 0.5) is 0 Å². The zero-order valence-corrected chi connectivity index (χ0v) is 13.6. The first-order chi connectivity index (χ1) is 10.7. The van der Waals surface area contributed by atoms with Crippen LogP contribution in [-0.2, 0) is 19.6 Å². The third-order valence-electron chi connectivity index (χ3n) is 4.25. The summed E-state index contributed by atoms with van der Waals surface area (Å²) < 4.78 is 7.77. The highest BCUT2D eigenvalue weighted by Crippen LogP contribution is 2.17. The predicted molar refractivity (Wildman–Crippen MR) is 86.3 cm³/mol. The Balaban J connectivity index is 1.64. The molecule has 1 aliphatic rings. The largest absolute Gasteiger partial charge is 0.468 e. The van der Waals surface area contributed by atoms with Crippen LogP contribution in [0, 0.1) is 5.92 Å². The number of rotatable bonds is 6. The second-order valence-corrected chi connectivity index (χ2v) is 6.37. The molecule has 0 saturated heterocycles. The van der Waals surface area contributed by atoms with Crippen molar-refractivity contribution in [3.05, 3.63) is 42.4 Å². The lowest BCUT2D eigenvalue weighted by Crippen LogP contribution is -2.35. The fourth-order valence-corrected chi connectivity index (χ4v) is 3.40. The van der Waals surface area contributed by atoms with Crippen LogP contribution in [0.25, 0.3) is 0 Å². The van der Waals surface area contributed by atoms with Gasteiger partial charge < -0.3 is 8.98 Å². The fourth-order valence-electron chi connectivity index (χ4n) is 3.40. The molecule has 0 aliphatic carbocycles. The Morgan fingerprint density at radius 2 is 2.32 bits per heavy atom. The molecule has 2 aromatic heterocycles. The van der Waals surface area contributed by atoms with Crippen molar-refractivity contribution < 1.29 is 4.42 Å². The Bertz CT molecular complexity index is 563. The lowest BCUT2D eigenvalue weighted by molar-refractivity contribution is 0.180. The Morgan fingerprint density at radius 1 is 1.41 bits per heavy atom. The molecular weight excluding hydrogens is 276 g/mol. The SMILES string of the molecule is CCCN1Cc2nccn2C[C@@H](CN(C)Cc2ccco2)C1. The molecule has 0 radical (unpaired) electrons. The van der Waals surface area contributed by atoms with Gasteiger partial charge in [-0.15, -0.1) is 0 Å². The van der Waals surface area contributed by atoms with Gasteiger partial charge in [0, 0.05) is 37.9 Å². The van der Waals surface area contributed by atoms with Gasteiger partial charge in [0.2, 0.25) is 0 Å². The Morgan fingerprint density at radius 3 is 3.09 bits per heavy atom. The number of nitrogens with zero attached hydrogens (tertiary/aromatic N) is 4. The van der Waals surface area contributed by atoms with Gasteiger partial charge >= 0.3 is 0 Å². The third-order valence-corrected chi connectivity index (χ3v) is 4.25. The van der Waals surface area contributed by atoms with Crippen LogP contribution in [0.5, 0.6) is 0 Å². The molecule has 2 aromatic rings. The minimum atomic E-state index is 0.613. The van der Waals surface area contributed by atoms with E-state index in [4.69, 9.17) is 4.42 Å². The first-order valence-electron chi connectivity index (χ1n) is 8.18.